The molecule has 9 heteroatoms. The average Bonchev–Trinajstić information content (AvgIpc) is 3.08. The van der Waals surface area contributed by atoms with Crippen LogP contribution in [0.25, 0.3) is 0 Å². The molecule has 0 aliphatic carbocycles. The van der Waals surface area contributed by atoms with E-state index in [1.165, 1.54) is 25.6 Å². The van der Waals surface area contributed by atoms with E-state index in [0.717, 1.165) is 0 Å². The molecule has 2 aromatic carbocycles. The molecule has 0 bridgehead atoms. The van der Waals surface area contributed by atoms with Gasteiger partial charge in [0.2, 0.25) is 0 Å². The van der Waals surface area contributed by atoms with Crippen LogP contribution < -0.4 is 19.5 Å². The highest BCUT2D eigenvalue weighted by molar-refractivity contribution is 7.13. The summed E-state index contributed by atoms with van der Waals surface area (Å²) in [7, 11) is 3.01. The number of thiazole rings is 1. The van der Waals surface area contributed by atoms with Crippen molar-refractivity contribution < 1.29 is 19.0 Å². The van der Waals surface area contributed by atoms with E-state index in [1.807, 2.05) is 0 Å². The minimum Gasteiger partial charge on any atom is -0.495 e. The van der Waals surface area contributed by atoms with Crippen LogP contribution in [0.15, 0.2) is 36.4 Å². The highest BCUT2D eigenvalue weighted by atomic mass is 35.5. The first-order valence-electron chi connectivity index (χ1n) is 8.48. The van der Waals surface area contributed by atoms with Crippen molar-refractivity contribution in [2.45, 2.75) is 13.5 Å². The minimum absolute atomic E-state index is 0.248. The van der Waals surface area contributed by atoms with Crippen molar-refractivity contribution in [1.82, 2.24) is 4.98 Å². The molecular formula is C20H18Cl2N2O4S. The van der Waals surface area contributed by atoms with Gasteiger partial charge in [-0.2, -0.15) is 0 Å². The maximum atomic E-state index is 12.8. The largest absolute Gasteiger partial charge is 0.495 e. The van der Waals surface area contributed by atoms with Gasteiger partial charge in [-0.25, -0.2) is 4.98 Å². The second-order valence-electron chi connectivity index (χ2n) is 5.91. The first-order chi connectivity index (χ1) is 13.9. The second-order valence-corrected chi connectivity index (χ2v) is 7.83. The summed E-state index contributed by atoms with van der Waals surface area (Å²) >= 11 is 13.3. The summed E-state index contributed by atoms with van der Waals surface area (Å²) in [5, 5.41) is 4.50. The molecule has 3 rings (SSSR count). The maximum Gasteiger partial charge on any atom is 0.267 e. The Labute approximate surface area is 182 Å². The van der Waals surface area contributed by atoms with Crippen LogP contribution in [0.5, 0.6) is 17.2 Å². The molecule has 1 N–H and O–H groups in total. The molecule has 0 atom stereocenters. The van der Waals surface area contributed by atoms with E-state index in [0.29, 0.717) is 48.6 Å². The Hall–Kier alpha value is -2.48. The van der Waals surface area contributed by atoms with Crippen molar-refractivity contribution >= 4 is 46.1 Å². The van der Waals surface area contributed by atoms with Crippen molar-refractivity contribution in [3.05, 3.63) is 62.0 Å². The monoisotopic (exact) mass is 452 g/mol. The molecule has 3 aromatic rings. The third kappa shape index (κ3) is 5.12. The summed E-state index contributed by atoms with van der Waals surface area (Å²) < 4.78 is 16.2. The molecule has 1 amide bonds. The van der Waals surface area contributed by atoms with Gasteiger partial charge in [0.15, 0.2) is 0 Å². The van der Waals surface area contributed by atoms with E-state index in [4.69, 9.17) is 37.4 Å². The van der Waals surface area contributed by atoms with Gasteiger partial charge in [-0.3, -0.25) is 4.79 Å². The SMILES string of the molecule is COc1cc(OC)c(NC(=O)c2sc(COc3ccc(Cl)cc3)nc2C)cc1Cl. The van der Waals surface area contributed by atoms with E-state index < -0.39 is 0 Å². The molecule has 1 aromatic heterocycles. The topological polar surface area (TPSA) is 69.7 Å². The van der Waals surface area contributed by atoms with Gasteiger partial charge in [-0.15, -0.1) is 11.3 Å². The van der Waals surface area contributed by atoms with Crippen molar-refractivity contribution in [2.75, 3.05) is 19.5 Å². The number of rotatable bonds is 7. The molecule has 0 radical (unpaired) electrons. The summed E-state index contributed by atoms with van der Waals surface area (Å²) in [6.45, 7) is 2.02. The molecule has 0 unspecified atom stereocenters. The van der Waals surface area contributed by atoms with Crippen molar-refractivity contribution in [3.63, 3.8) is 0 Å². The number of halogens is 2. The normalized spacial score (nSPS) is 10.5. The summed E-state index contributed by atoms with van der Waals surface area (Å²) in [5.74, 6) is 1.26. The number of hydrogen-bond acceptors (Lipinski definition) is 6. The molecule has 1 heterocycles. The van der Waals surface area contributed by atoms with E-state index in [1.54, 1.807) is 43.3 Å². The molecule has 152 valence electrons. The van der Waals surface area contributed by atoms with Crippen LogP contribution in [-0.4, -0.2) is 25.1 Å². The predicted octanol–water partition coefficient (Wildman–Crippen LogP) is 5.61. The third-order valence-electron chi connectivity index (χ3n) is 3.95. The van der Waals surface area contributed by atoms with Crippen LogP contribution >= 0.6 is 34.5 Å². The van der Waals surface area contributed by atoms with Crippen LogP contribution in [0.1, 0.15) is 20.4 Å². The molecule has 0 saturated heterocycles. The zero-order valence-corrected chi connectivity index (χ0v) is 18.2. The van der Waals surface area contributed by atoms with Gasteiger partial charge in [0.25, 0.3) is 5.91 Å². The number of anilines is 1. The van der Waals surface area contributed by atoms with Gasteiger partial charge in [0.1, 0.15) is 33.7 Å². The fourth-order valence-corrected chi connectivity index (χ4v) is 3.78. The number of amides is 1. The lowest BCUT2D eigenvalue weighted by Gasteiger charge is -2.12. The number of hydrogen-bond donors (Lipinski definition) is 1. The number of nitrogens with zero attached hydrogens (tertiary/aromatic N) is 1. The number of methoxy groups -OCH3 is 2. The van der Waals surface area contributed by atoms with Crippen LogP contribution in [0.2, 0.25) is 10.0 Å². The first kappa shape index (κ1) is 21.2. The summed E-state index contributed by atoms with van der Waals surface area (Å²) in [5.41, 5.74) is 1.05. The van der Waals surface area contributed by atoms with Crippen LogP contribution in [0.3, 0.4) is 0 Å². The Kier molecular flexibility index (Phi) is 6.84. The van der Waals surface area contributed by atoms with E-state index >= 15 is 0 Å². The first-order valence-corrected chi connectivity index (χ1v) is 10.1. The quantitative estimate of drug-likeness (QED) is 0.504. The number of carbonyl (C=O) groups excluding carboxylic acids is 1. The smallest absolute Gasteiger partial charge is 0.267 e. The van der Waals surface area contributed by atoms with Crippen molar-refractivity contribution in [2.24, 2.45) is 0 Å². The number of aromatic nitrogens is 1. The summed E-state index contributed by atoms with van der Waals surface area (Å²) in [6, 6.07) is 10.2. The Morgan fingerprint density at radius 1 is 1.10 bits per heavy atom. The van der Waals surface area contributed by atoms with Crippen LogP contribution in [-0.2, 0) is 6.61 Å². The van der Waals surface area contributed by atoms with Gasteiger partial charge < -0.3 is 19.5 Å². The predicted molar refractivity (Wildman–Crippen MR) is 115 cm³/mol. The highest BCUT2D eigenvalue weighted by Gasteiger charge is 2.19. The van der Waals surface area contributed by atoms with Gasteiger partial charge >= 0.3 is 0 Å². The molecule has 0 saturated carbocycles. The zero-order chi connectivity index (χ0) is 21.0. The molecule has 29 heavy (non-hydrogen) atoms. The number of nitrogens with one attached hydrogen (secondary N) is 1. The lowest BCUT2D eigenvalue weighted by atomic mass is 10.2. The molecule has 6 nitrogen and oxygen atoms in total. The van der Waals surface area contributed by atoms with Gasteiger partial charge in [0, 0.05) is 11.1 Å². The van der Waals surface area contributed by atoms with Gasteiger partial charge in [0.05, 0.1) is 30.6 Å². The average molecular weight is 453 g/mol. The number of benzene rings is 2. The van der Waals surface area contributed by atoms with Crippen LogP contribution in [0, 0.1) is 6.92 Å². The zero-order valence-electron chi connectivity index (χ0n) is 15.9. The molecule has 0 aliphatic heterocycles. The number of ether oxygens (including phenoxy) is 3. The molecular weight excluding hydrogens is 435 g/mol. The lowest BCUT2D eigenvalue weighted by molar-refractivity contribution is 0.102. The van der Waals surface area contributed by atoms with Gasteiger partial charge in [-0.1, -0.05) is 23.2 Å². The van der Waals surface area contributed by atoms with E-state index in [2.05, 4.69) is 10.3 Å². The second kappa shape index (κ2) is 9.35. The van der Waals surface area contributed by atoms with Crippen LogP contribution in [0.4, 0.5) is 5.69 Å². The number of carbonyl (C=O) groups is 1. The Balaban J connectivity index is 1.73. The third-order valence-corrected chi connectivity index (χ3v) is 5.62. The fraction of sp³-hybridized carbons (Fsp3) is 0.200. The van der Waals surface area contributed by atoms with E-state index in [9.17, 15) is 4.79 Å². The lowest BCUT2D eigenvalue weighted by Crippen LogP contribution is -2.12. The van der Waals surface area contributed by atoms with Crippen molar-refractivity contribution in [3.8, 4) is 17.2 Å². The molecule has 0 aliphatic rings. The van der Waals surface area contributed by atoms with Crippen molar-refractivity contribution in [1.29, 1.82) is 0 Å². The molecule has 0 fully saturated rings. The van der Waals surface area contributed by atoms with Gasteiger partial charge in [-0.05, 0) is 37.3 Å². The fourth-order valence-electron chi connectivity index (χ4n) is 2.54. The Bertz CT molecular complexity index is 1020. The Morgan fingerprint density at radius 3 is 2.45 bits per heavy atom. The summed E-state index contributed by atoms with van der Waals surface area (Å²) in [6.07, 6.45) is 0. The highest BCUT2D eigenvalue weighted by Crippen LogP contribution is 2.36. The Morgan fingerprint density at radius 2 is 1.79 bits per heavy atom. The maximum absolute atomic E-state index is 12.8. The summed E-state index contributed by atoms with van der Waals surface area (Å²) in [4.78, 5) is 17.7. The van der Waals surface area contributed by atoms with E-state index in [-0.39, 0.29) is 12.5 Å². The minimum atomic E-state index is -0.308. The standard InChI is InChI=1S/C20H18Cl2N2O4S/c1-11-19(29-18(23-11)10-28-13-6-4-12(21)5-7-13)20(25)24-15-8-14(22)16(26-2)9-17(15)27-3/h4-9H,10H2,1-3H3,(H,24,25). The number of aryl methyl sites for hydroxylation is 1. The molecule has 0 spiro atoms.